The molecule has 0 unspecified atom stereocenters. The molecular weight excluding hydrogens is 258 g/mol. The monoisotopic (exact) mass is 276 g/mol. The smallest absolute Gasteiger partial charge is 0.162 e. The summed E-state index contributed by atoms with van der Waals surface area (Å²) in [5.74, 6) is -0.827. The van der Waals surface area contributed by atoms with Crippen molar-refractivity contribution in [2.45, 2.75) is 32.6 Å². The summed E-state index contributed by atoms with van der Waals surface area (Å²) in [6.45, 7) is 2.17. The molecule has 0 aromatic heterocycles. The van der Waals surface area contributed by atoms with Gasteiger partial charge in [0.05, 0.1) is 0 Å². The standard InChI is InChI=1S/C17H18F2O/c1-2-3-4-6-13-7-5-8-14(11-13)20-15-9-10-16(18)17(19)12-15/h5,7-12H,2-4,6H2,1H3. The number of ether oxygens (including phenoxy) is 1. The van der Waals surface area contributed by atoms with Crippen molar-refractivity contribution in [1.29, 1.82) is 0 Å². The Bertz CT molecular complexity index is 567. The molecule has 2 rings (SSSR count). The molecule has 0 heterocycles. The van der Waals surface area contributed by atoms with E-state index in [1.54, 1.807) is 0 Å². The largest absolute Gasteiger partial charge is 0.457 e. The van der Waals surface area contributed by atoms with E-state index >= 15 is 0 Å². The van der Waals surface area contributed by atoms with E-state index in [4.69, 9.17) is 4.74 Å². The van der Waals surface area contributed by atoms with E-state index in [9.17, 15) is 8.78 Å². The summed E-state index contributed by atoms with van der Waals surface area (Å²) in [5.41, 5.74) is 1.19. The Balaban J connectivity index is 2.05. The van der Waals surface area contributed by atoms with Gasteiger partial charge in [0.1, 0.15) is 11.5 Å². The highest BCUT2D eigenvalue weighted by atomic mass is 19.2. The van der Waals surface area contributed by atoms with Crippen LogP contribution in [0.25, 0.3) is 0 Å². The summed E-state index contributed by atoms with van der Waals surface area (Å²) in [6, 6.07) is 11.3. The lowest BCUT2D eigenvalue weighted by molar-refractivity contribution is 0.461. The number of unbranched alkanes of at least 4 members (excludes halogenated alkanes) is 2. The third-order valence-electron chi connectivity index (χ3n) is 3.09. The van der Waals surface area contributed by atoms with E-state index < -0.39 is 11.6 Å². The van der Waals surface area contributed by atoms with Crippen LogP contribution in [-0.2, 0) is 6.42 Å². The first-order valence-electron chi connectivity index (χ1n) is 6.91. The minimum Gasteiger partial charge on any atom is -0.457 e. The Kier molecular flexibility index (Phi) is 5.10. The normalized spacial score (nSPS) is 10.6. The van der Waals surface area contributed by atoms with Gasteiger partial charge in [-0.25, -0.2) is 8.78 Å². The van der Waals surface area contributed by atoms with Crippen molar-refractivity contribution < 1.29 is 13.5 Å². The van der Waals surface area contributed by atoms with Gasteiger partial charge in [-0.3, -0.25) is 0 Å². The Labute approximate surface area is 118 Å². The lowest BCUT2D eigenvalue weighted by atomic mass is 10.1. The maximum atomic E-state index is 13.1. The van der Waals surface area contributed by atoms with Gasteiger partial charge in [0, 0.05) is 6.07 Å². The summed E-state index contributed by atoms with van der Waals surface area (Å²) < 4.78 is 31.5. The van der Waals surface area contributed by atoms with Crippen LogP contribution in [0.15, 0.2) is 42.5 Å². The average Bonchev–Trinajstić information content (AvgIpc) is 2.44. The molecule has 0 bridgehead atoms. The molecule has 0 N–H and O–H groups in total. The second kappa shape index (κ2) is 7.04. The molecule has 3 heteroatoms. The lowest BCUT2D eigenvalue weighted by Crippen LogP contribution is -1.90. The zero-order valence-corrected chi connectivity index (χ0v) is 11.5. The van der Waals surface area contributed by atoms with Crippen LogP contribution in [0.2, 0.25) is 0 Å². The molecule has 0 radical (unpaired) electrons. The first-order chi connectivity index (χ1) is 9.69. The molecule has 0 amide bonds. The molecule has 0 aliphatic rings. The summed E-state index contributed by atoms with van der Waals surface area (Å²) in [5, 5.41) is 0. The van der Waals surface area contributed by atoms with Crippen molar-refractivity contribution in [1.82, 2.24) is 0 Å². The highest BCUT2D eigenvalue weighted by molar-refractivity contribution is 5.34. The van der Waals surface area contributed by atoms with Gasteiger partial charge in [0.2, 0.25) is 0 Å². The van der Waals surface area contributed by atoms with E-state index in [1.807, 2.05) is 24.3 Å². The molecule has 0 aliphatic carbocycles. The molecule has 0 aliphatic heterocycles. The summed E-state index contributed by atoms with van der Waals surface area (Å²) in [6.07, 6.45) is 4.53. The van der Waals surface area contributed by atoms with Crippen molar-refractivity contribution in [2.24, 2.45) is 0 Å². The van der Waals surface area contributed by atoms with Crippen molar-refractivity contribution in [3.63, 3.8) is 0 Å². The van der Waals surface area contributed by atoms with E-state index in [2.05, 4.69) is 6.92 Å². The van der Waals surface area contributed by atoms with Gasteiger partial charge < -0.3 is 4.74 Å². The molecule has 2 aromatic rings. The Morgan fingerprint density at radius 1 is 0.900 bits per heavy atom. The van der Waals surface area contributed by atoms with Crippen LogP contribution in [-0.4, -0.2) is 0 Å². The minimum atomic E-state index is -0.901. The highest BCUT2D eigenvalue weighted by Crippen LogP contribution is 2.24. The van der Waals surface area contributed by atoms with Crippen molar-refractivity contribution in [2.75, 3.05) is 0 Å². The number of hydrogen-bond acceptors (Lipinski definition) is 1. The van der Waals surface area contributed by atoms with Crippen LogP contribution >= 0.6 is 0 Å². The van der Waals surface area contributed by atoms with Crippen LogP contribution in [0.4, 0.5) is 8.78 Å². The van der Waals surface area contributed by atoms with E-state index in [0.717, 1.165) is 25.0 Å². The zero-order valence-electron chi connectivity index (χ0n) is 11.5. The van der Waals surface area contributed by atoms with Crippen LogP contribution < -0.4 is 4.74 Å². The van der Waals surface area contributed by atoms with Gasteiger partial charge in [-0.15, -0.1) is 0 Å². The lowest BCUT2D eigenvalue weighted by Gasteiger charge is -2.08. The molecule has 1 nitrogen and oxygen atoms in total. The zero-order chi connectivity index (χ0) is 14.4. The maximum Gasteiger partial charge on any atom is 0.162 e. The van der Waals surface area contributed by atoms with Gasteiger partial charge in [-0.1, -0.05) is 31.9 Å². The molecule has 106 valence electrons. The third kappa shape index (κ3) is 4.05. The van der Waals surface area contributed by atoms with E-state index in [-0.39, 0.29) is 0 Å². The molecule has 2 aromatic carbocycles. The first-order valence-corrected chi connectivity index (χ1v) is 6.91. The van der Waals surface area contributed by atoms with Crippen LogP contribution in [0.3, 0.4) is 0 Å². The fraction of sp³-hybridized carbons (Fsp3) is 0.294. The number of aryl methyl sites for hydroxylation is 1. The summed E-state index contributed by atoms with van der Waals surface area (Å²) in [7, 11) is 0. The first kappa shape index (κ1) is 14.5. The van der Waals surface area contributed by atoms with Crippen LogP contribution in [0, 0.1) is 11.6 Å². The molecule has 20 heavy (non-hydrogen) atoms. The fourth-order valence-electron chi connectivity index (χ4n) is 2.02. The van der Waals surface area contributed by atoms with Crippen LogP contribution in [0.1, 0.15) is 31.7 Å². The second-order valence-corrected chi connectivity index (χ2v) is 4.78. The molecule has 0 atom stereocenters. The molecule has 0 saturated carbocycles. The van der Waals surface area contributed by atoms with Gasteiger partial charge in [-0.05, 0) is 42.7 Å². The molecule has 0 spiro atoms. The Hall–Kier alpha value is -1.90. The van der Waals surface area contributed by atoms with Gasteiger partial charge in [-0.2, -0.15) is 0 Å². The third-order valence-corrected chi connectivity index (χ3v) is 3.09. The Morgan fingerprint density at radius 3 is 2.45 bits per heavy atom. The van der Waals surface area contributed by atoms with E-state index in [0.29, 0.717) is 11.5 Å². The minimum absolute atomic E-state index is 0.301. The fourth-order valence-corrected chi connectivity index (χ4v) is 2.02. The molecule has 0 saturated heterocycles. The van der Waals surface area contributed by atoms with E-state index in [1.165, 1.54) is 24.5 Å². The Morgan fingerprint density at radius 2 is 1.70 bits per heavy atom. The number of rotatable bonds is 6. The van der Waals surface area contributed by atoms with Crippen molar-refractivity contribution in [3.8, 4) is 11.5 Å². The predicted octanol–water partition coefficient (Wildman–Crippen LogP) is 5.49. The highest BCUT2D eigenvalue weighted by Gasteiger charge is 2.04. The maximum absolute atomic E-state index is 13.1. The van der Waals surface area contributed by atoms with Gasteiger partial charge in [0.15, 0.2) is 11.6 Å². The van der Waals surface area contributed by atoms with Crippen molar-refractivity contribution >= 4 is 0 Å². The SMILES string of the molecule is CCCCCc1cccc(Oc2ccc(F)c(F)c2)c1. The van der Waals surface area contributed by atoms with Crippen LogP contribution in [0.5, 0.6) is 11.5 Å². The number of hydrogen-bond donors (Lipinski definition) is 0. The van der Waals surface area contributed by atoms with Gasteiger partial charge >= 0.3 is 0 Å². The van der Waals surface area contributed by atoms with Gasteiger partial charge in [0.25, 0.3) is 0 Å². The molecule has 0 fully saturated rings. The summed E-state index contributed by atoms with van der Waals surface area (Å²) in [4.78, 5) is 0. The van der Waals surface area contributed by atoms with Crippen molar-refractivity contribution in [3.05, 3.63) is 59.7 Å². The quantitative estimate of drug-likeness (QED) is 0.634. The average molecular weight is 276 g/mol. The number of halogens is 2. The molecular formula is C17H18F2O. The number of benzene rings is 2. The topological polar surface area (TPSA) is 9.23 Å². The predicted molar refractivity (Wildman–Crippen MR) is 76.1 cm³/mol. The second-order valence-electron chi connectivity index (χ2n) is 4.78. The summed E-state index contributed by atoms with van der Waals surface area (Å²) >= 11 is 0.